The molecule has 1 unspecified atom stereocenters. The summed E-state index contributed by atoms with van der Waals surface area (Å²) >= 11 is 0. The summed E-state index contributed by atoms with van der Waals surface area (Å²) in [6.45, 7) is 6.89. The third kappa shape index (κ3) is 6.14. The SMILES string of the molecule is CCC(CO)(CNC(=O)OC(C)(C)C)Cc1cc(F)ccc1F. The molecular weight excluding hydrogens is 304 g/mol. The van der Waals surface area contributed by atoms with Gasteiger partial charge in [-0.05, 0) is 57.4 Å². The Bertz CT molecular complexity index is 537. The van der Waals surface area contributed by atoms with Gasteiger partial charge in [0.1, 0.15) is 17.2 Å². The van der Waals surface area contributed by atoms with Crippen molar-refractivity contribution in [2.45, 2.75) is 46.1 Å². The summed E-state index contributed by atoms with van der Waals surface area (Å²) in [5, 5.41) is 12.3. The van der Waals surface area contributed by atoms with Crippen LogP contribution in [0, 0.1) is 17.0 Å². The van der Waals surface area contributed by atoms with Crippen molar-refractivity contribution in [3.63, 3.8) is 0 Å². The van der Waals surface area contributed by atoms with Crippen LogP contribution in [0.1, 0.15) is 39.7 Å². The summed E-state index contributed by atoms with van der Waals surface area (Å²) in [5.41, 5.74) is -1.25. The third-order valence-corrected chi connectivity index (χ3v) is 3.67. The van der Waals surface area contributed by atoms with Gasteiger partial charge in [-0.2, -0.15) is 0 Å². The maximum absolute atomic E-state index is 13.8. The molecule has 130 valence electrons. The number of carbonyl (C=O) groups is 1. The third-order valence-electron chi connectivity index (χ3n) is 3.67. The van der Waals surface area contributed by atoms with Crippen LogP contribution < -0.4 is 5.32 Å². The summed E-state index contributed by atoms with van der Waals surface area (Å²) in [4.78, 5) is 11.8. The van der Waals surface area contributed by atoms with Crippen molar-refractivity contribution in [2.75, 3.05) is 13.2 Å². The monoisotopic (exact) mass is 329 g/mol. The predicted octanol–water partition coefficient (Wildman–Crippen LogP) is 3.42. The lowest BCUT2D eigenvalue weighted by atomic mass is 9.79. The van der Waals surface area contributed by atoms with E-state index < -0.39 is 28.7 Å². The van der Waals surface area contributed by atoms with Crippen LogP contribution in [0.5, 0.6) is 0 Å². The summed E-state index contributed by atoms with van der Waals surface area (Å²) in [6, 6.07) is 3.22. The number of amides is 1. The maximum Gasteiger partial charge on any atom is 0.407 e. The highest BCUT2D eigenvalue weighted by atomic mass is 19.1. The molecule has 0 spiro atoms. The van der Waals surface area contributed by atoms with Crippen molar-refractivity contribution < 1.29 is 23.4 Å². The number of nitrogens with one attached hydrogen (secondary N) is 1. The average Bonchev–Trinajstić information content (AvgIpc) is 2.45. The van der Waals surface area contributed by atoms with E-state index in [1.54, 1.807) is 20.8 Å². The number of ether oxygens (including phenoxy) is 1. The smallest absolute Gasteiger partial charge is 0.407 e. The highest BCUT2D eigenvalue weighted by Gasteiger charge is 2.30. The van der Waals surface area contributed by atoms with Gasteiger partial charge in [-0.3, -0.25) is 0 Å². The second-order valence-corrected chi connectivity index (χ2v) is 6.78. The van der Waals surface area contributed by atoms with Gasteiger partial charge in [0.25, 0.3) is 0 Å². The average molecular weight is 329 g/mol. The van der Waals surface area contributed by atoms with Crippen molar-refractivity contribution in [3.05, 3.63) is 35.4 Å². The zero-order valence-electron chi connectivity index (χ0n) is 14.1. The number of rotatable bonds is 6. The number of aliphatic hydroxyl groups excluding tert-OH is 1. The number of aliphatic hydroxyl groups is 1. The van der Waals surface area contributed by atoms with Gasteiger partial charge < -0.3 is 15.2 Å². The molecule has 1 aromatic carbocycles. The zero-order valence-corrected chi connectivity index (χ0v) is 14.1. The largest absolute Gasteiger partial charge is 0.444 e. The molecule has 1 rings (SSSR count). The quantitative estimate of drug-likeness (QED) is 0.841. The standard InChI is InChI=1S/C17H25F2NO3/c1-5-17(11-21,10-20-15(22)23-16(2,3)4)9-12-8-13(18)6-7-14(12)19/h6-8,21H,5,9-11H2,1-4H3,(H,20,22). The Balaban J connectivity index is 2.82. The van der Waals surface area contributed by atoms with E-state index in [2.05, 4.69) is 5.32 Å². The Morgan fingerprint density at radius 3 is 2.48 bits per heavy atom. The fraction of sp³-hybridized carbons (Fsp3) is 0.588. The molecule has 0 fully saturated rings. The van der Waals surface area contributed by atoms with Crippen LogP contribution in [0.4, 0.5) is 13.6 Å². The molecule has 1 atom stereocenters. The highest BCUT2D eigenvalue weighted by molar-refractivity contribution is 5.67. The number of alkyl carbamates (subject to hydrolysis) is 1. The lowest BCUT2D eigenvalue weighted by Gasteiger charge is -2.31. The first-order chi connectivity index (χ1) is 10.6. The fourth-order valence-corrected chi connectivity index (χ4v) is 2.19. The summed E-state index contributed by atoms with van der Waals surface area (Å²) < 4.78 is 32.3. The molecule has 1 aromatic rings. The summed E-state index contributed by atoms with van der Waals surface area (Å²) in [6.07, 6.45) is -0.0160. The van der Waals surface area contributed by atoms with E-state index in [-0.39, 0.29) is 25.1 Å². The summed E-state index contributed by atoms with van der Waals surface area (Å²) in [5.74, 6) is -1.07. The molecule has 23 heavy (non-hydrogen) atoms. The first-order valence-electron chi connectivity index (χ1n) is 7.62. The van der Waals surface area contributed by atoms with Crippen LogP contribution in [-0.2, 0) is 11.2 Å². The van der Waals surface area contributed by atoms with Gasteiger partial charge in [0.15, 0.2) is 0 Å². The van der Waals surface area contributed by atoms with Gasteiger partial charge in [0.2, 0.25) is 0 Å². The highest BCUT2D eigenvalue weighted by Crippen LogP contribution is 2.28. The van der Waals surface area contributed by atoms with Crippen molar-refractivity contribution in [1.82, 2.24) is 5.32 Å². The van der Waals surface area contributed by atoms with Crippen molar-refractivity contribution in [3.8, 4) is 0 Å². The Morgan fingerprint density at radius 2 is 1.96 bits per heavy atom. The van der Waals surface area contributed by atoms with E-state index in [1.807, 2.05) is 6.92 Å². The minimum atomic E-state index is -0.786. The number of halogens is 2. The van der Waals surface area contributed by atoms with E-state index in [9.17, 15) is 18.7 Å². The molecule has 0 aromatic heterocycles. The van der Waals surface area contributed by atoms with Crippen LogP contribution in [0.25, 0.3) is 0 Å². The Kier molecular flexibility index (Phi) is 6.50. The Labute approximate surface area is 135 Å². The first-order valence-corrected chi connectivity index (χ1v) is 7.62. The van der Waals surface area contributed by atoms with Gasteiger partial charge in [-0.25, -0.2) is 13.6 Å². The van der Waals surface area contributed by atoms with E-state index >= 15 is 0 Å². The van der Waals surface area contributed by atoms with E-state index in [0.29, 0.717) is 6.42 Å². The number of carbonyl (C=O) groups excluding carboxylic acids is 1. The van der Waals surface area contributed by atoms with Crippen molar-refractivity contribution in [2.24, 2.45) is 5.41 Å². The van der Waals surface area contributed by atoms with Gasteiger partial charge in [-0.1, -0.05) is 6.92 Å². The van der Waals surface area contributed by atoms with Crippen LogP contribution in [0.2, 0.25) is 0 Å². The Hall–Kier alpha value is -1.69. The Morgan fingerprint density at radius 1 is 1.30 bits per heavy atom. The molecule has 2 N–H and O–H groups in total. The van der Waals surface area contributed by atoms with Crippen LogP contribution in [0.3, 0.4) is 0 Å². The van der Waals surface area contributed by atoms with Crippen LogP contribution in [0.15, 0.2) is 18.2 Å². The van der Waals surface area contributed by atoms with Crippen LogP contribution >= 0.6 is 0 Å². The number of benzene rings is 1. The topological polar surface area (TPSA) is 58.6 Å². The number of hydrogen-bond acceptors (Lipinski definition) is 3. The van der Waals surface area contributed by atoms with E-state index in [0.717, 1.165) is 18.2 Å². The second kappa shape index (κ2) is 7.73. The molecule has 6 heteroatoms. The molecule has 0 radical (unpaired) electrons. The molecule has 0 heterocycles. The zero-order chi connectivity index (χ0) is 17.7. The van der Waals surface area contributed by atoms with Gasteiger partial charge in [0, 0.05) is 12.0 Å². The molecule has 0 aliphatic carbocycles. The second-order valence-electron chi connectivity index (χ2n) is 6.78. The normalized spacial score (nSPS) is 14.2. The maximum atomic E-state index is 13.8. The molecule has 0 aliphatic heterocycles. The molecule has 0 saturated heterocycles. The molecule has 1 amide bonds. The van der Waals surface area contributed by atoms with Gasteiger partial charge >= 0.3 is 6.09 Å². The molecule has 0 bridgehead atoms. The minimum Gasteiger partial charge on any atom is -0.444 e. The molecular formula is C17H25F2NO3. The molecule has 4 nitrogen and oxygen atoms in total. The minimum absolute atomic E-state index is 0.102. The molecule has 0 saturated carbocycles. The first kappa shape index (κ1) is 19.4. The van der Waals surface area contributed by atoms with Gasteiger partial charge in [0.05, 0.1) is 6.61 Å². The lowest BCUT2D eigenvalue weighted by Crippen LogP contribution is -2.43. The summed E-state index contributed by atoms with van der Waals surface area (Å²) in [7, 11) is 0. The van der Waals surface area contributed by atoms with E-state index in [4.69, 9.17) is 4.74 Å². The van der Waals surface area contributed by atoms with Gasteiger partial charge in [-0.15, -0.1) is 0 Å². The lowest BCUT2D eigenvalue weighted by molar-refractivity contribution is 0.0460. The predicted molar refractivity (Wildman–Crippen MR) is 84.1 cm³/mol. The van der Waals surface area contributed by atoms with Crippen molar-refractivity contribution in [1.29, 1.82) is 0 Å². The number of hydrogen-bond donors (Lipinski definition) is 2. The van der Waals surface area contributed by atoms with Crippen molar-refractivity contribution >= 4 is 6.09 Å². The fourth-order valence-electron chi connectivity index (χ4n) is 2.19. The molecule has 0 aliphatic rings. The van der Waals surface area contributed by atoms with Crippen LogP contribution in [-0.4, -0.2) is 30.0 Å². The van der Waals surface area contributed by atoms with E-state index in [1.165, 1.54) is 0 Å².